The zero-order chi connectivity index (χ0) is 16.3. The van der Waals surface area contributed by atoms with Crippen molar-refractivity contribution in [1.29, 1.82) is 0 Å². The molecular weight excluding hydrogens is 284 g/mol. The van der Waals surface area contributed by atoms with Crippen LogP contribution >= 0.6 is 0 Å². The number of carbonyl (C=O) groups is 1. The number of esters is 1. The van der Waals surface area contributed by atoms with E-state index < -0.39 is 5.41 Å². The standard InChI is InChI=1S/C14H20N6O2/c1-14(2,3)12(21)22-9-20-17-13(16-18-20)19(4)11-7-5-6-10(15)8-11/h5-8H,9,15H2,1-4H3. The summed E-state index contributed by atoms with van der Waals surface area (Å²) in [5.41, 5.74) is 6.68. The normalized spacial score (nSPS) is 11.3. The van der Waals surface area contributed by atoms with E-state index in [1.54, 1.807) is 44.9 Å². The lowest BCUT2D eigenvalue weighted by Gasteiger charge is -2.16. The highest BCUT2D eigenvalue weighted by Gasteiger charge is 2.23. The molecule has 0 atom stereocenters. The lowest BCUT2D eigenvalue weighted by molar-refractivity contribution is -0.157. The maximum Gasteiger partial charge on any atom is 0.313 e. The van der Waals surface area contributed by atoms with Gasteiger partial charge in [-0.1, -0.05) is 11.2 Å². The number of rotatable bonds is 4. The molecule has 1 aromatic heterocycles. The highest BCUT2D eigenvalue weighted by Crippen LogP contribution is 2.21. The highest BCUT2D eigenvalue weighted by molar-refractivity contribution is 5.75. The van der Waals surface area contributed by atoms with E-state index in [1.807, 2.05) is 12.1 Å². The van der Waals surface area contributed by atoms with Gasteiger partial charge < -0.3 is 15.4 Å². The van der Waals surface area contributed by atoms with Gasteiger partial charge in [-0.25, -0.2) is 0 Å². The van der Waals surface area contributed by atoms with E-state index in [1.165, 1.54) is 4.80 Å². The van der Waals surface area contributed by atoms with Gasteiger partial charge >= 0.3 is 5.97 Å². The van der Waals surface area contributed by atoms with E-state index in [-0.39, 0.29) is 12.7 Å². The largest absolute Gasteiger partial charge is 0.440 e. The second kappa shape index (κ2) is 6.00. The minimum absolute atomic E-state index is 0.0755. The van der Waals surface area contributed by atoms with Gasteiger partial charge in [-0.2, -0.15) is 0 Å². The molecule has 8 heteroatoms. The number of benzene rings is 1. The zero-order valence-electron chi connectivity index (χ0n) is 13.1. The molecule has 118 valence electrons. The predicted octanol–water partition coefficient (Wildman–Crippen LogP) is 1.57. The number of anilines is 3. The first-order valence-corrected chi connectivity index (χ1v) is 6.81. The van der Waals surface area contributed by atoms with E-state index in [4.69, 9.17) is 10.5 Å². The number of carbonyl (C=O) groups excluding carboxylic acids is 1. The minimum Gasteiger partial charge on any atom is -0.440 e. The average molecular weight is 304 g/mol. The van der Waals surface area contributed by atoms with Crippen molar-refractivity contribution in [3.05, 3.63) is 24.3 Å². The monoisotopic (exact) mass is 304 g/mol. The SMILES string of the molecule is CN(c1cccc(N)c1)c1nnn(COC(=O)C(C)(C)C)n1. The summed E-state index contributed by atoms with van der Waals surface area (Å²) in [6, 6.07) is 7.33. The van der Waals surface area contributed by atoms with Crippen LogP contribution in [-0.2, 0) is 16.3 Å². The Labute approximate surface area is 128 Å². The van der Waals surface area contributed by atoms with Crippen LogP contribution in [0.3, 0.4) is 0 Å². The topological polar surface area (TPSA) is 99.2 Å². The van der Waals surface area contributed by atoms with E-state index >= 15 is 0 Å². The average Bonchev–Trinajstić information content (AvgIpc) is 2.91. The molecule has 0 unspecified atom stereocenters. The number of hydrogen-bond donors (Lipinski definition) is 1. The zero-order valence-corrected chi connectivity index (χ0v) is 13.1. The smallest absolute Gasteiger partial charge is 0.313 e. The molecule has 2 N–H and O–H groups in total. The molecule has 8 nitrogen and oxygen atoms in total. The third kappa shape index (κ3) is 3.72. The molecule has 2 aromatic rings. The number of nitrogens with zero attached hydrogens (tertiary/aromatic N) is 5. The fourth-order valence-corrected chi connectivity index (χ4v) is 1.61. The number of hydrogen-bond acceptors (Lipinski definition) is 7. The van der Waals surface area contributed by atoms with Gasteiger partial charge in [-0.15, -0.1) is 9.90 Å². The number of ether oxygens (including phenoxy) is 1. The van der Waals surface area contributed by atoms with Crippen molar-refractivity contribution in [2.45, 2.75) is 27.5 Å². The van der Waals surface area contributed by atoms with Crippen molar-refractivity contribution in [3.63, 3.8) is 0 Å². The van der Waals surface area contributed by atoms with Gasteiger partial charge in [0.05, 0.1) is 5.41 Å². The molecule has 0 bridgehead atoms. The van der Waals surface area contributed by atoms with Crippen LogP contribution in [-0.4, -0.2) is 33.2 Å². The van der Waals surface area contributed by atoms with E-state index in [9.17, 15) is 4.79 Å². The Morgan fingerprint density at radius 2 is 2.14 bits per heavy atom. The van der Waals surface area contributed by atoms with Crippen LogP contribution in [0.2, 0.25) is 0 Å². The van der Waals surface area contributed by atoms with Crippen molar-refractivity contribution in [2.75, 3.05) is 17.7 Å². The van der Waals surface area contributed by atoms with Gasteiger partial charge in [-0.3, -0.25) is 4.79 Å². The predicted molar refractivity (Wildman–Crippen MR) is 82.3 cm³/mol. The van der Waals surface area contributed by atoms with Crippen LogP contribution in [0.4, 0.5) is 17.3 Å². The van der Waals surface area contributed by atoms with Crippen molar-refractivity contribution in [1.82, 2.24) is 20.2 Å². The Morgan fingerprint density at radius 3 is 2.77 bits per heavy atom. The maximum absolute atomic E-state index is 11.7. The van der Waals surface area contributed by atoms with Gasteiger partial charge in [0, 0.05) is 18.4 Å². The summed E-state index contributed by atoms with van der Waals surface area (Å²) in [7, 11) is 1.80. The van der Waals surface area contributed by atoms with E-state index in [2.05, 4.69) is 15.4 Å². The third-order valence-corrected chi connectivity index (χ3v) is 2.92. The Balaban J connectivity index is 2.04. The highest BCUT2D eigenvalue weighted by atomic mass is 16.5. The summed E-state index contributed by atoms with van der Waals surface area (Å²) in [5, 5.41) is 12.0. The molecule has 1 heterocycles. The molecule has 0 spiro atoms. The van der Waals surface area contributed by atoms with Gasteiger partial charge in [0.25, 0.3) is 5.95 Å². The maximum atomic E-state index is 11.7. The number of nitrogens with two attached hydrogens (primary N) is 1. The summed E-state index contributed by atoms with van der Waals surface area (Å²) in [5.74, 6) is 0.0629. The summed E-state index contributed by atoms with van der Waals surface area (Å²) >= 11 is 0. The van der Waals surface area contributed by atoms with Crippen LogP contribution in [0.25, 0.3) is 0 Å². The number of nitrogen functional groups attached to an aromatic ring is 1. The third-order valence-electron chi connectivity index (χ3n) is 2.92. The minimum atomic E-state index is -0.568. The van der Waals surface area contributed by atoms with Crippen molar-refractivity contribution < 1.29 is 9.53 Å². The molecule has 0 saturated heterocycles. The van der Waals surface area contributed by atoms with Gasteiger partial charge in [-0.05, 0) is 44.2 Å². The Hall–Kier alpha value is -2.64. The first kappa shape index (κ1) is 15.7. The summed E-state index contributed by atoms with van der Waals surface area (Å²) < 4.78 is 5.13. The second-order valence-corrected chi connectivity index (χ2v) is 5.93. The number of tetrazole rings is 1. The van der Waals surface area contributed by atoms with Crippen LogP contribution < -0.4 is 10.6 Å². The first-order chi connectivity index (χ1) is 10.3. The molecule has 0 aliphatic carbocycles. The molecule has 0 saturated carbocycles. The molecule has 0 aliphatic rings. The van der Waals surface area contributed by atoms with Crippen molar-refractivity contribution in [3.8, 4) is 0 Å². The van der Waals surface area contributed by atoms with Gasteiger partial charge in [0.1, 0.15) is 0 Å². The molecule has 0 amide bonds. The number of aromatic nitrogens is 4. The molecule has 0 aliphatic heterocycles. The molecule has 0 radical (unpaired) electrons. The Bertz CT molecular complexity index is 661. The van der Waals surface area contributed by atoms with Crippen molar-refractivity contribution >= 4 is 23.3 Å². The summed E-state index contributed by atoms with van der Waals surface area (Å²) in [6.07, 6.45) is 0. The first-order valence-electron chi connectivity index (χ1n) is 6.81. The summed E-state index contributed by atoms with van der Waals surface area (Å²) in [4.78, 5) is 14.7. The fraction of sp³-hybridized carbons (Fsp3) is 0.429. The van der Waals surface area contributed by atoms with E-state index in [0.717, 1.165) is 5.69 Å². The van der Waals surface area contributed by atoms with Crippen LogP contribution in [0.15, 0.2) is 24.3 Å². The Kier molecular flexibility index (Phi) is 4.30. The van der Waals surface area contributed by atoms with Gasteiger partial charge in [0.2, 0.25) is 6.73 Å². The molecular formula is C14H20N6O2. The van der Waals surface area contributed by atoms with Crippen molar-refractivity contribution in [2.24, 2.45) is 5.41 Å². The Morgan fingerprint density at radius 1 is 1.41 bits per heavy atom. The molecule has 0 fully saturated rings. The van der Waals surface area contributed by atoms with Gasteiger partial charge in [0.15, 0.2) is 0 Å². The van der Waals surface area contributed by atoms with Crippen LogP contribution in [0.5, 0.6) is 0 Å². The second-order valence-electron chi connectivity index (χ2n) is 5.93. The summed E-state index contributed by atoms with van der Waals surface area (Å²) in [6.45, 7) is 5.27. The van der Waals surface area contributed by atoms with E-state index in [0.29, 0.717) is 11.6 Å². The van der Waals surface area contributed by atoms with Crippen LogP contribution in [0.1, 0.15) is 20.8 Å². The molecule has 1 aromatic carbocycles. The van der Waals surface area contributed by atoms with Crippen LogP contribution in [0, 0.1) is 5.41 Å². The quantitative estimate of drug-likeness (QED) is 0.676. The lowest BCUT2D eigenvalue weighted by atomic mass is 9.98. The molecule has 22 heavy (non-hydrogen) atoms. The lowest BCUT2D eigenvalue weighted by Crippen LogP contribution is -2.24. The molecule has 2 rings (SSSR count). The fourth-order valence-electron chi connectivity index (χ4n) is 1.61.